The van der Waals surface area contributed by atoms with Crippen LogP contribution >= 0.6 is 0 Å². The Morgan fingerprint density at radius 3 is 2.22 bits per heavy atom. The third kappa shape index (κ3) is 0.778. The third-order valence-corrected chi connectivity index (χ3v) is 2.42. The SMILES string of the molecule is O=C1C[N+]2CCC1CC2. The highest BCUT2D eigenvalue weighted by Gasteiger charge is 2.39. The molecule has 0 aromatic rings. The van der Waals surface area contributed by atoms with Gasteiger partial charge in [0.25, 0.3) is 0 Å². The van der Waals surface area contributed by atoms with Crippen molar-refractivity contribution in [2.24, 2.45) is 5.92 Å². The highest BCUT2D eigenvalue weighted by atomic mass is 16.1. The minimum Gasteiger partial charge on any atom is -0.293 e. The van der Waals surface area contributed by atoms with Crippen molar-refractivity contribution in [1.29, 1.82) is 0 Å². The van der Waals surface area contributed by atoms with E-state index < -0.39 is 0 Å². The molecule has 3 aliphatic rings. The molecular formula is C7H11NO+. The van der Waals surface area contributed by atoms with E-state index in [0.717, 1.165) is 32.5 Å². The number of hydrogen-bond donors (Lipinski definition) is 0. The van der Waals surface area contributed by atoms with Crippen LogP contribution in [0.2, 0.25) is 0 Å². The molecule has 0 aromatic heterocycles. The molecule has 0 unspecified atom stereocenters. The summed E-state index contributed by atoms with van der Waals surface area (Å²) >= 11 is 0. The fraction of sp³-hybridized carbons (Fsp3) is 0.857. The van der Waals surface area contributed by atoms with Gasteiger partial charge in [0.2, 0.25) is 0 Å². The number of carbonyl (C=O) groups excluding carboxylic acids is 1. The van der Waals surface area contributed by atoms with Crippen LogP contribution in [0.15, 0.2) is 0 Å². The second kappa shape index (κ2) is 1.81. The summed E-state index contributed by atoms with van der Waals surface area (Å²) in [6.45, 7) is 3.07. The fourth-order valence-electron chi connectivity index (χ4n) is 1.76. The molecule has 0 atom stereocenters. The summed E-state index contributed by atoms with van der Waals surface area (Å²) in [5, 5.41) is 0. The number of ketones is 1. The summed E-state index contributed by atoms with van der Waals surface area (Å²) < 4.78 is 0. The van der Waals surface area contributed by atoms with Gasteiger partial charge in [0.05, 0.1) is 0 Å². The molecule has 3 saturated heterocycles. The minimum atomic E-state index is 0.440. The Bertz CT molecular complexity index is 136. The molecule has 0 aliphatic carbocycles. The molecule has 3 fully saturated rings. The van der Waals surface area contributed by atoms with Crippen molar-refractivity contribution in [2.75, 3.05) is 19.6 Å². The van der Waals surface area contributed by atoms with Crippen LogP contribution < -0.4 is 4.90 Å². The highest BCUT2D eigenvalue weighted by molar-refractivity contribution is 5.84. The van der Waals surface area contributed by atoms with Crippen molar-refractivity contribution in [3.8, 4) is 0 Å². The molecule has 2 heteroatoms. The maximum absolute atomic E-state index is 11.0. The standard InChI is InChI=1S/C7H11NO/c9-7-5-8-3-1-6(7)2-4-8/h6H,1-5H2/q+1. The number of carbonyl (C=O) groups is 1. The molecule has 3 rings (SSSR count). The van der Waals surface area contributed by atoms with Gasteiger partial charge >= 0.3 is 0 Å². The van der Waals surface area contributed by atoms with E-state index in [0.29, 0.717) is 11.7 Å². The first kappa shape index (κ1) is 5.42. The molecule has 0 saturated carbocycles. The van der Waals surface area contributed by atoms with Crippen LogP contribution in [0.25, 0.3) is 0 Å². The lowest BCUT2D eigenvalue weighted by Gasteiger charge is -2.29. The maximum atomic E-state index is 11.0. The molecule has 2 nitrogen and oxygen atoms in total. The zero-order valence-electron chi connectivity index (χ0n) is 5.47. The Kier molecular flexibility index (Phi) is 1.09. The van der Waals surface area contributed by atoms with Crippen LogP contribution in [0.4, 0.5) is 0 Å². The van der Waals surface area contributed by atoms with Gasteiger partial charge in [-0.1, -0.05) is 0 Å². The zero-order valence-corrected chi connectivity index (χ0v) is 5.47. The predicted octanol–water partition coefficient (Wildman–Crippen LogP) is 0.119. The topological polar surface area (TPSA) is 23.0 Å². The monoisotopic (exact) mass is 125 g/mol. The van der Waals surface area contributed by atoms with E-state index in [1.165, 1.54) is 0 Å². The number of Topliss-reactive ketones (excluding diaryl/α,β-unsaturated/α-hetero) is 1. The van der Waals surface area contributed by atoms with Crippen molar-refractivity contribution < 1.29 is 4.79 Å². The van der Waals surface area contributed by atoms with Crippen LogP contribution in [0, 0.1) is 5.92 Å². The number of nitrogens with zero attached hydrogens (tertiary/aromatic N) is 1. The Labute approximate surface area is 54.8 Å². The first-order valence-corrected chi connectivity index (χ1v) is 3.61. The number of hydrogen-bond acceptors (Lipinski definition) is 2. The van der Waals surface area contributed by atoms with E-state index in [-0.39, 0.29) is 0 Å². The quantitative estimate of drug-likeness (QED) is 0.422. The van der Waals surface area contributed by atoms with Gasteiger partial charge in [-0.3, -0.25) is 4.79 Å². The molecule has 49 valence electrons. The van der Waals surface area contributed by atoms with E-state index in [1.54, 1.807) is 0 Å². The number of fused-ring (bicyclic) bond motifs is 3. The van der Waals surface area contributed by atoms with Crippen molar-refractivity contribution in [2.45, 2.75) is 12.8 Å². The van der Waals surface area contributed by atoms with E-state index >= 15 is 0 Å². The second-order valence-electron chi connectivity index (χ2n) is 3.02. The second-order valence-corrected chi connectivity index (χ2v) is 3.02. The molecular weight excluding hydrogens is 114 g/mol. The predicted molar refractivity (Wildman–Crippen MR) is 34.5 cm³/mol. The van der Waals surface area contributed by atoms with Crippen molar-refractivity contribution in [1.82, 2.24) is 4.90 Å². The summed E-state index contributed by atoms with van der Waals surface area (Å²) in [5.74, 6) is 0.919. The summed E-state index contributed by atoms with van der Waals surface area (Å²) in [6.07, 6.45) is 2.25. The van der Waals surface area contributed by atoms with Crippen LogP contribution in [-0.2, 0) is 4.79 Å². The highest BCUT2D eigenvalue weighted by Crippen LogP contribution is 2.21. The van der Waals surface area contributed by atoms with Crippen molar-refractivity contribution in [3.05, 3.63) is 0 Å². The molecule has 0 aromatic carbocycles. The van der Waals surface area contributed by atoms with Gasteiger partial charge < -0.3 is 0 Å². The van der Waals surface area contributed by atoms with Crippen LogP contribution in [0.5, 0.6) is 0 Å². The molecule has 3 heterocycles. The molecule has 9 heavy (non-hydrogen) atoms. The minimum absolute atomic E-state index is 0.440. The van der Waals surface area contributed by atoms with E-state index in [1.807, 2.05) is 0 Å². The fourth-order valence-corrected chi connectivity index (χ4v) is 1.76. The average molecular weight is 125 g/mol. The normalized spacial score (nSPS) is 41.6. The lowest BCUT2D eigenvalue weighted by Crippen LogP contribution is -2.51. The van der Waals surface area contributed by atoms with Gasteiger partial charge in [-0.05, 0) is 0 Å². The zero-order chi connectivity index (χ0) is 6.27. The van der Waals surface area contributed by atoms with Crippen molar-refractivity contribution in [3.63, 3.8) is 0 Å². The number of piperidine rings is 3. The lowest BCUT2D eigenvalue weighted by molar-refractivity contribution is -0.127. The van der Waals surface area contributed by atoms with Crippen LogP contribution in [0.1, 0.15) is 12.8 Å². The van der Waals surface area contributed by atoms with Gasteiger partial charge in [0.1, 0.15) is 13.1 Å². The van der Waals surface area contributed by atoms with Gasteiger partial charge in [-0.15, -0.1) is 0 Å². The Morgan fingerprint density at radius 2 is 2.00 bits per heavy atom. The Balaban J connectivity index is 2.15. The first-order chi connectivity index (χ1) is 4.36. The van der Waals surface area contributed by atoms with Gasteiger partial charge in [0.15, 0.2) is 12.3 Å². The Hall–Kier alpha value is -0.370. The van der Waals surface area contributed by atoms with Gasteiger partial charge in [0, 0.05) is 18.8 Å². The van der Waals surface area contributed by atoms with E-state index in [2.05, 4.69) is 4.90 Å². The molecule has 1 radical (unpaired) electrons. The lowest BCUT2D eigenvalue weighted by atomic mass is 9.87. The van der Waals surface area contributed by atoms with Gasteiger partial charge in [-0.25, -0.2) is 0 Å². The molecule has 0 amide bonds. The molecule has 3 aliphatic heterocycles. The number of rotatable bonds is 0. The smallest absolute Gasteiger partial charge is 0.195 e. The molecule has 0 N–H and O–H groups in total. The van der Waals surface area contributed by atoms with Crippen LogP contribution in [-0.4, -0.2) is 25.4 Å². The van der Waals surface area contributed by atoms with Crippen LogP contribution in [0.3, 0.4) is 0 Å². The van der Waals surface area contributed by atoms with E-state index in [9.17, 15) is 4.79 Å². The first-order valence-electron chi connectivity index (χ1n) is 3.61. The molecule has 2 bridgehead atoms. The summed E-state index contributed by atoms with van der Waals surface area (Å²) in [6, 6.07) is 0. The summed E-state index contributed by atoms with van der Waals surface area (Å²) in [5.41, 5.74) is 0. The van der Waals surface area contributed by atoms with Crippen molar-refractivity contribution >= 4 is 5.78 Å². The summed E-state index contributed by atoms with van der Waals surface area (Å²) in [7, 11) is 0. The van der Waals surface area contributed by atoms with Gasteiger partial charge in [-0.2, -0.15) is 4.90 Å². The largest absolute Gasteiger partial charge is 0.293 e. The third-order valence-electron chi connectivity index (χ3n) is 2.42. The maximum Gasteiger partial charge on any atom is 0.195 e. The summed E-state index contributed by atoms with van der Waals surface area (Å²) in [4.78, 5) is 13.3. The Morgan fingerprint density at radius 1 is 1.33 bits per heavy atom. The molecule has 0 spiro atoms. The van der Waals surface area contributed by atoms with E-state index in [4.69, 9.17) is 0 Å². The average Bonchev–Trinajstić information content (AvgIpc) is 1.90.